The van der Waals surface area contributed by atoms with Crippen LogP contribution < -0.4 is 4.74 Å². The molecule has 4 nitrogen and oxygen atoms in total. The average molecular weight is 323 g/mol. The number of benzene rings is 1. The van der Waals surface area contributed by atoms with E-state index in [9.17, 15) is 5.11 Å². The summed E-state index contributed by atoms with van der Waals surface area (Å²) in [5.74, 6) is 1.42. The lowest BCUT2D eigenvalue weighted by molar-refractivity contribution is 0.173. The number of aliphatic hydroxyl groups is 1. The predicted octanol–water partition coefficient (Wildman–Crippen LogP) is 2.83. The lowest BCUT2D eigenvalue weighted by Gasteiger charge is -2.12. The monoisotopic (exact) mass is 322 g/mol. The van der Waals surface area contributed by atoms with E-state index in [0.29, 0.717) is 17.9 Å². The van der Waals surface area contributed by atoms with Gasteiger partial charge in [0.15, 0.2) is 0 Å². The highest BCUT2D eigenvalue weighted by atomic mass is 79.9. The lowest BCUT2D eigenvalue weighted by atomic mass is 10.1. The molecule has 0 aliphatic carbocycles. The second-order valence-electron chi connectivity index (χ2n) is 4.21. The molecule has 0 fully saturated rings. The molecule has 1 N–H and O–H groups in total. The minimum atomic E-state index is -0.662. The fourth-order valence-corrected chi connectivity index (χ4v) is 2.22. The molecule has 1 unspecified atom stereocenters. The normalized spacial score (nSPS) is 12.2. The van der Waals surface area contributed by atoms with Crippen molar-refractivity contribution < 1.29 is 9.84 Å². The minimum Gasteiger partial charge on any atom is -0.497 e. The van der Waals surface area contributed by atoms with Gasteiger partial charge >= 0.3 is 0 Å². The molecule has 0 aliphatic rings. The highest BCUT2D eigenvalue weighted by molar-refractivity contribution is 9.10. The van der Waals surface area contributed by atoms with Crippen LogP contribution in [0.2, 0.25) is 0 Å². The second-order valence-corrected chi connectivity index (χ2v) is 5.06. The summed E-state index contributed by atoms with van der Waals surface area (Å²) in [6.07, 6.45) is 1.46. The van der Waals surface area contributed by atoms with Crippen molar-refractivity contribution in [1.82, 2.24) is 9.97 Å². The van der Waals surface area contributed by atoms with Crippen molar-refractivity contribution in [2.24, 2.45) is 0 Å². The number of hydrogen-bond acceptors (Lipinski definition) is 4. The topological polar surface area (TPSA) is 55.2 Å². The number of aliphatic hydroxyl groups excluding tert-OH is 1. The van der Waals surface area contributed by atoms with Gasteiger partial charge < -0.3 is 9.84 Å². The van der Waals surface area contributed by atoms with Crippen LogP contribution in [0.3, 0.4) is 0 Å². The molecule has 100 valence electrons. The zero-order valence-electron chi connectivity index (χ0n) is 10.8. The van der Waals surface area contributed by atoms with Gasteiger partial charge in [-0.3, -0.25) is 0 Å². The second kappa shape index (κ2) is 6.12. The molecule has 0 saturated heterocycles. The Morgan fingerprint density at radius 1 is 1.37 bits per heavy atom. The number of nitrogens with zero attached hydrogens (tertiary/aromatic N) is 2. The number of rotatable bonds is 4. The van der Waals surface area contributed by atoms with Crippen LogP contribution in [0.15, 0.2) is 34.9 Å². The molecule has 1 aromatic heterocycles. The van der Waals surface area contributed by atoms with E-state index < -0.39 is 6.10 Å². The van der Waals surface area contributed by atoms with E-state index in [2.05, 4.69) is 25.9 Å². The molecular formula is C14H15BrN2O2. The van der Waals surface area contributed by atoms with Gasteiger partial charge in [-0.15, -0.1) is 0 Å². The van der Waals surface area contributed by atoms with Gasteiger partial charge in [-0.05, 0) is 36.8 Å². The molecule has 19 heavy (non-hydrogen) atoms. The molecule has 0 bridgehead atoms. The number of methoxy groups -OCH3 is 1. The summed E-state index contributed by atoms with van der Waals surface area (Å²) < 4.78 is 6.13. The Hall–Kier alpha value is -1.46. The maximum Gasteiger partial charge on any atom is 0.125 e. The molecule has 1 heterocycles. The van der Waals surface area contributed by atoms with Crippen LogP contribution in [-0.2, 0) is 6.42 Å². The van der Waals surface area contributed by atoms with Crippen molar-refractivity contribution in [3.8, 4) is 5.75 Å². The third-order valence-corrected chi connectivity index (χ3v) is 3.58. The zero-order chi connectivity index (χ0) is 13.8. The van der Waals surface area contributed by atoms with Crippen molar-refractivity contribution in [1.29, 1.82) is 0 Å². The van der Waals surface area contributed by atoms with Gasteiger partial charge in [0.25, 0.3) is 0 Å². The highest BCUT2D eigenvalue weighted by Gasteiger charge is 2.13. The molecule has 0 radical (unpaired) electrons. The predicted molar refractivity (Wildman–Crippen MR) is 76.1 cm³/mol. The molecule has 5 heteroatoms. The van der Waals surface area contributed by atoms with Gasteiger partial charge in [0.1, 0.15) is 17.7 Å². The molecule has 2 aromatic rings. The van der Waals surface area contributed by atoms with E-state index in [0.717, 1.165) is 15.8 Å². The van der Waals surface area contributed by atoms with Crippen LogP contribution in [0, 0.1) is 6.92 Å². The Labute approximate surface area is 120 Å². The molecule has 0 spiro atoms. The Morgan fingerprint density at radius 2 is 2.16 bits per heavy atom. The SMILES string of the molecule is COc1ccc(Br)c(CC(O)c2ccnc(C)n2)c1. The maximum atomic E-state index is 10.2. The average Bonchev–Trinajstić information content (AvgIpc) is 2.41. The van der Waals surface area contributed by atoms with Gasteiger partial charge in [0.05, 0.1) is 12.8 Å². The van der Waals surface area contributed by atoms with Gasteiger partial charge in [-0.2, -0.15) is 0 Å². The van der Waals surface area contributed by atoms with Crippen molar-refractivity contribution in [2.75, 3.05) is 7.11 Å². The van der Waals surface area contributed by atoms with E-state index in [4.69, 9.17) is 4.74 Å². The number of aromatic nitrogens is 2. The van der Waals surface area contributed by atoms with Crippen LogP contribution >= 0.6 is 15.9 Å². The first kappa shape index (κ1) is 14.0. The Bertz CT molecular complexity index is 575. The van der Waals surface area contributed by atoms with Crippen LogP contribution in [0.5, 0.6) is 5.75 Å². The Kier molecular flexibility index (Phi) is 4.50. The van der Waals surface area contributed by atoms with E-state index in [-0.39, 0.29) is 0 Å². The maximum absolute atomic E-state index is 10.2. The van der Waals surface area contributed by atoms with E-state index in [1.165, 1.54) is 0 Å². The van der Waals surface area contributed by atoms with Gasteiger partial charge in [0.2, 0.25) is 0 Å². The highest BCUT2D eigenvalue weighted by Crippen LogP contribution is 2.26. The van der Waals surface area contributed by atoms with Crippen molar-refractivity contribution in [3.05, 3.63) is 52.0 Å². The van der Waals surface area contributed by atoms with Crippen LogP contribution in [0.4, 0.5) is 0 Å². The van der Waals surface area contributed by atoms with E-state index in [1.807, 2.05) is 18.2 Å². The minimum absolute atomic E-state index is 0.467. The molecule has 0 aliphatic heterocycles. The van der Waals surface area contributed by atoms with Crippen molar-refractivity contribution >= 4 is 15.9 Å². The molecule has 0 amide bonds. The van der Waals surface area contributed by atoms with E-state index in [1.54, 1.807) is 26.3 Å². The van der Waals surface area contributed by atoms with Gasteiger partial charge in [0, 0.05) is 17.1 Å². The Morgan fingerprint density at radius 3 is 2.84 bits per heavy atom. The molecular weight excluding hydrogens is 308 g/mol. The summed E-state index contributed by atoms with van der Waals surface area (Å²) in [5.41, 5.74) is 1.60. The summed E-state index contributed by atoms with van der Waals surface area (Å²) >= 11 is 3.48. The third-order valence-electron chi connectivity index (χ3n) is 2.81. The van der Waals surface area contributed by atoms with Crippen LogP contribution in [0.25, 0.3) is 0 Å². The molecule has 2 rings (SSSR count). The number of hydrogen-bond donors (Lipinski definition) is 1. The van der Waals surface area contributed by atoms with Crippen molar-refractivity contribution in [2.45, 2.75) is 19.4 Å². The summed E-state index contributed by atoms with van der Waals surface area (Å²) in [4.78, 5) is 8.26. The zero-order valence-corrected chi connectivity index (χ0v) is 12.4. The Balaban J connectivity index is 2.21. The van der Waals surface area contributed by atoms with Crippen molar-refractivity contribution in [3.63, 3.8) is 0 Å². The fraction of sp³-hybridized carbons (Fsp3) is 0.286. The largest absolute Gasteiger partial charge is 0.497 e. The molecule has 0 saturated carbocycles. The first-order chi connectivity index (χ1) is 9.10. The van der Waals surface area contributed by atoms with Crippen LogP contribution in [0.1, 0.15) is 23.2 Å². The summed E-state index contributed by atoms with van der Waals surface area (Å²) in [6.45, 7) is 1.80. The number of ether oxygens (including phenoxy) is 1. The quantitative estimate of drug-likeness (QED) is 0.940. The third kappa shape index (κ3) is 3.52. The first-order valence-corrected chi connectivity index (χ1v) is 6.69. The fourth-order valence-electron chi connectivity index (χ4n) is 1.81. The summed E-state index contributed by atoms with van der Waals surface area (Å²) in [5, 5.41) is 10.2. The standard InChI is InChI=1S/C14H15BrN2O2/c1-9-16-6-5-13(17-9)14(18)8-10-7-11(19-2)3-4-12(10)15/h3-7,14,18H,8H2,1-2H3. The summed E-state index contributed by atoms with van der Waals surface area (Å²) in [6, 6.07) is 7.41. The lowest BCUT2D eigenvalue weighted by Crippen LogP contribution is -2.06. The smallest absolute Gasteiger partial charge is 0.125 e. The number of aryl methyl sites for hydroxylation is 1. The first-order valence-electron chi connectivity index (χ1n) is 5.90. The molecule has 1 atom stereocenters. The van der Waals surface area contributed by atoms with Gasteiger partial charge in [-0.25, -0.2) is 9.97 Å². The number of halogens is 1. The van der Waals surface area contributed by atoms with Gasteiger partial charge in [-0.1, -0.05) is 15.9 Å². The van der Waals surface area contributed by atoms with E-state index >= 15 is 0 Å². The molecule has 1 aromatic carbocycles. The summed E-state index contributed by atoms with van der Waals surface area (Å²) in [7, 11) is 1.62. The van der Waals surface area contributed by atoms with Crippen LogP contribution in [-0.4, -0.2) is 22.2 Å².